The highest BCUT2D eigenvalue weighted by molar-refractivity contribution is 5.75. The van der Waals surface area contributed by atoms with Crippen LogP contribution in [0.25, 0.3) is 11.0 Å². The lowest BCUT2D eigenvalue weighted by Crippen LogP contribution is -2.21. The summed E-state index contributed by atoms with van der Waals surface area (Å²) in [5.74, 6) is 1.04. The fraction of sp³-hybridized carbons (Fsp3) is 0.278. The molecule has 21 heavy (non-hydrogen) atoms. The Bertz CT molecular complexity index is 716. The molecule has 2 aromatic carbocycles. The highest BCUT2D eigenvalue weighted by Gasteiger charge is 2.06. The summed E-state index contributed by atoms with van der Waals surface area (Å²) in [6, 6.07) is 17.2. The Morgan fingerprint density at radius 1 is 1.14 bits per heavy atom. The smallest absolute Gasteiger partial charge is 0.108 e. The largest absolute Gasteiger partial charge is 0.342 e. The Kier molecular flexibility index (Phi) is 4.02. The van der Waals surface area contributed by atoms with Gasteiger partial charge in [0.2, 0.25) is 0 Å². The Hall–Kier alpha value is -2.13. The quantitative estimate of drug-likeness (QED) is 0.746. The van der Waals surface area contributed by atoms with Gasteiger partial charge in [0.25, 0.3) is 0 Å². The first-order chi connectivity index (χ1) is 10.2. The number of hydrogen-bond acceptors (Lipinski definition) is 2. The van der Waals surface area contributed by atoms with Gasteiger partial charge in [0, 0.05) is 19.0 Å². The third-order valence-electron chi connectivity index (χ3n) is 3.80. The van der Waals surface area contributed by atoms with E-state index in [0.29, 0.717) is 6.04 Å². The first kappa shape index (κ1) is 13.8. The van der Waals surface area contributed by atoms with Gasteiger partial charge in [-0.2, -0.15) is 0 Å². The lowest BCUT2D eigenvalue weighted by atomic mass is 10.1. The highest BCUT2D eigenvalue weighted by Crippen LogP contribution is 2.14. The van der Waals surface area contributed by atoms with Crippen molar-refractivity contribution in [3.8, 4) is 0 Å². The molecule has 1 atom stereocenters. The lowest BCUT2D eigenvalue weighted by Gasteiger charge is -2.13. The predicted octanol–water partition coefficient (Wildman–Crippen LogP) is 3.76. The number of aromatic amines is 1. The molecule has 2 N–H and O–H groups in total. The van der Waals surface area contributed by atoms with Crippen molar-refractivity contribution in [1.29, 1.82) is 0 Å². The zero-order valence-corrected chi connectivity index (χ0v) is 12.6. The van der Waals surface area contributed by atoms with Gasteiger partial charge in [-0.05, 0) is 37.1 Å². The molecule has 0 spiro atoms. The van der Waals surface area contributed by atoms with E-state index in [-0.39, 0.29) is 0 Å². The van der Waals surface area contributed by atoms with Crippen molar-refractivity contribution in [3.63, 3.8) is 0 Å². The first-order valence-corrected chi connectivity index (χ1v) is 7.46. The van der Waals surface area contributed by atoms with E-state index in [1.807, 2.05) is 6.07 Å². The van der Waals surface area contributed by atoms with Crippen molar-refractivity contribution in [1.82, 2.24) is 15.3 Å². The van der Waals surface area contributed by atoms with Crippen LogP contribution < -0.4 is 5.32 Å². The van der Waals surface area contributed by atoms with Crippen LogP contribution in [-0.4, -0.2) is 16.5 Å². The maximum absolute atomic E-state index is 4.63. The molecule has 3 nitrogen and oxygen atoms in total. The Morgan fingerprint density at radius 2 is 1.95 bits per heavy atom. The zero-order chi connectivity index (χ0) is 14.7. The van der Waals surface area contributed by atoms with E-state index in [1.165, 1.54) is 11.1 Å². The number of rotatable bonds is 5. The van der Waals surface area contributed by atoms with E-state index in [1.54, 1.807) is 0 Å². The normalized spacial score (nSPS) is 12.7. The molecule has 3 heteroatoms. The van der Waals surface area contributed by atoms with Crippen LogP contribution in [0, 0.1) is 6.92 Å². The molecule has 3 rings (SSSR count). The molecule has 0 amide bonds. The van der Waals surface area contributed by atoms with Gasteiger partial charge in [-0.25, -0.2) is 4.98 Å². The van der Waals surface area contributed by atoms with Crippen molar-refractivity contribution >= 4 is 11.0 Å². The van der Waals surface area contributed by atoms with Crippen molar-refractivity contribution in [2.45, 2.75) is 26.3 Å². The molecule has 3 aromatic rings. The molecular formula is C18H21N3. The number of H-pyrrole nitrogens is 1. The molecular weight excluding hydrogens is 258 g/mol. The minimum absolute atomic E-state index is 0.359. The Morgan fingerprint density at radius 3 is 2.76 bits per heavy atom. The summed E-state index contributed by atoms with van der Waals surface area (Å²) in [7, 11) is 0. The van der Waals surface area contributed by atoms with E-state index >= 15 is 0 Å². The molecule has 0 radical (unpaired) electrons. The second-order valence-corrected chi connectivity index (χ2v) is 5.54. The summed E-state index contributed by atoms with van der Waals surface area (Å²) in [4.78, 5) is 8.03. The summed E-state index contributed by atoms with van der Waals surface area (Å²) in [6.45, 7) is 5.20. The van der Waals surface area contributed by atoms with Crippen LogP contribution >= 0.6 is 0 Å². The van der Waals surface area contributed by atoms with Crippen LogP contribution in [0.1, 0.15) is 29.9 Å². The van der Waals surface area contributed by atoms with Crippen LogP contribution in [-0.2, 0) is 6.42 Å². The third kappa shape index (κ3) is 3.31. The summed E-state index contributed by atoms with van der Waals surface area (Å²) in [5, 5.41) is 3.54. The number of aromatic nitrogens is 2. The van der Waals surface area contributed by atoms with E-state index < -0.39 is 0 Å². The van der Waals surface area contributed by atoms with E-state index in [2.05, 4.69) is 71.6 Å². The number of aryl methyl sites for hydroxylation is 1. The molecule has 0 aliphatic carbocycles. The molecule has 0 bridgehead atoms. The average Bonchev–Trinajstić information content (AvgIpc) is 2.89. The number of hydrogen-bond donors (Lipinski definition) is 2. The SMILES string of the molecule is Cc1ccc2nc(CCNC(C)c3ccccc3)[nH]c2c1. The van der Waals surface area contributed by atoms with Gasteiger partial charge in [-0.3, -0.25) is 0 Å². The summed E-state index contributed by atoms with van der Waals surface area (Å²) < 4.78 is 0. The molecule has 0 fully saturated rings. The Labute approximate surface area is 125 Å². The van der Waals surface area contributed by atoms with Crippen LogP contribution in [0.2, 0.25) is 0 Å². The Balaban J connectivity index is 1.59. The van der Waals surface area contributed by atoms with Crippen LogP contribution in [0.5, 0.6) is 0 Å². The molecule has 1 unspecified atom stereocenters. The van der Waals surface area contributed by atoms with Crippen molar-refractivity contribution in [3.05, 3.63) is 65.5 Å². The van der Waals surface area contributed by atoms with Crippen LogP contribution in [0.3, 0.4) is 0 Å². The first-order valence-electron chi connectivity index (χ1n) is 7.46. The monoisotopic (exact) mass is 279 g/mol. The molecule has 0 aliphatic rings. The highest BCUT2D eigenvalue weighted by atomic mass is 14.9. The van der Waals surface area contributed by atoms with Gasteiger partial charge in [0.05, 0.1) is 11.0 Å². The number of nitrogens with one attached hydrogen (secondary N) is 2. The number of benzene rings is 2. The maximum Gasteiger partial charge on any atom is 0.108 e. The van der Waals surface area contributed by atoms with Crippen molar-refractivity contribution < 1.29 is 0 Å². The summed E-state index contributed by atoms with van der Waals surface area (Å²) >= 11 is 0. The number of fused-ring (bicyclic) bond motifs is 1. The number of nitrogens with zero attached hydrogens (tertiary/aromatic N) is 1. The lowest BCUT2D eigenvalue weighted by molar-refractivity contribution is 0.571. The minimum Gasteiger partial charge on any atom is -0.342 e. The predicted molar refractivity (Wildman–Crippen MR) is 87.4 cm³/mol. The second kappa shape index (κ2) is 6.10. The molecule has 1 heterocycles. The molecule has 1 aromatic heterocycles. The standard InChI is InChI=1S/C18H21N3/c1-13-8-9-16-17(12-13)21-18(20-16)10-11-19-14(2)15-6-4-3-5-7-15/h3-9,12,14,19H,10-11H2,1-2H3,(H,20,21). The second-order valence-electron chi connectivity index (χ2n) is 5.54. The fourth-order valence-corrected chi connectivity index (χ4v) is 2.56. The van der Waals surface area contributed by atoms with E-state index in [0.717, 1.165) is 29.8 Å². The van der Waals surface area contributed by atoms with E-state index in [4.69, 9.17) is 0 Å². The molecule has 108 valence electrons. The maximum atomic E-state index is 4.63. The molecule has 0 aliphatic heterocycles. The minimum atomic E-state index is 0.359. The van der Waals surface area contributed by atoms with Gasteiger partial charge in [-0.15, -0.1) is 0 Å². The third-order valence-corrected chi connectivity index (χ3v) is 3.80. The number of imidazole rings is 1. The fourth-order valence-electron chi connectivity index (χ4n) is 2.56. The summed E-state index contributed by atoms with van der Waals surface area (Å²) in [5.41, 5.74) is 4.75. The molecule has 0 saturated carbocycles. The molecule has 0 saturated heterocycles. The van der Waals surface area contributed by atoms with Crippen molar-refractivity contribution in [2.75, 3.05) is 6.54 Å². The average molecular weight is 279 g/mol. The summed E-state index contributed by atoms with van der Waals surface area (Å²) in [6.07, 6.45) is 0.908. The van der Waals surface area contributed by atoms with Gasteiger partial charge in [-0.1, -0.05) is 36.4 Å². The van der Waals surface area contributed by atoms with Gasteiger partial charge in [0.15, 0.2) is 0 Å². The van der Waals surface area contributed by atoms with Gasteiger partial charge in [0.1, 0.15) is 5.82 Å². The van der Waals surface area contributed by atoms with Gasteiger partial charge >= 0.3 is 0 Å². The van der Waals surface area contributed by atoms with E-state index in [9.17, 15) is 0 Å². The van der Waals surface area contributed by atoms with Crippen LogP contribution in [0.15, 0.2) is 48.5 Å². The van der Waals surface area contributed by atoms with Crippen molar-refractivity contribution in [2.24, 2.45) is 0 Å². The van der Waals surface area contributed by atoms with Gasteiger partial charge < -0.3 is 10.3 Å². The van der Waals surface area contributed by atoms with Crippen LogP contribution in [0.4, 0.5) is 0 Å². The topological polar surface area (TPSA) is 40.7 Å². The zero-order valence-electron chi connectivity index (χ0n) is 12.6.